The van der Waals surface area contributed by atoms with Gasteiger partial charge in [-0.1, -0.05) is 171 Å². The van der Waals surface area contributed by atoms with Crippen LogP contribution in [0.5, 0.6) is 0 Å². The third kappa shape index (κ3) is 6.63. The van der Waals surface area contributed by atoms with Gasteiger partial charge >= 0.3 is 0 Å². The average Bonchev–Trinajstić information content (AvgIpc) is 3.63. The number of hydrogen-bond donors (Lipinski definition) is 0. The fraction of sp³-hybridized carbons (Fsp3) is 0.0370. The topological polar surface area (TPSA) is 16.4 Å². The molecule has 0 fully saturated rings. The molecule has 9 rings (SSSR count). The first kappa shape index (κ1) is 34.6. The van der Waals surface area contributed by atoms with Gasteiger partial charge in [-0.2, -0.15) is 0 Å². The summed E-state index contributed by atoms with van der Waals surface area (Å²) < 4.78 is 6.82. The zero-order chi connectivity index (χ0) is 37.8. The Morgan fingerprint density at radius 2 is 1.14 bits per heavy atom. The average molecular weight is 720 g/mol. The van der Waals surface area contributed by atoms with Crippen LogP contribution in [0.1, 0.15) is 40.4 Å². The highest BCUT2D eigenvalue weighted by Gasteiger charge is 2.29. The predicted octanol–water partition coefficient (Wildman–Crippen LogP) is 15.3. The second-order valence-corrected chi connectivity index (χ2v) is 14.2. The minimum absolute atomic E-state index is 0.0442. The van der Waals surface area contributed by atoms with Gasteiger partial charge < -0.3 is 9.32 Å². The maximum atomic E-state index is 6.82. The van der Waals surface area contributed by atoms with Crippen molar-refractivity contribution in [1.82, 2.24) is 0 Å². The quantitative estimate of drug-likeness (QED) is 0.131. The molecule has 8 aromatic rings. The van der Waals surface area contributed by atoms with E-state index in [1.54, 1.807) is 6.08 Å². The van der Waals surface area contributed by atoms with E-state index in [4.69, 9.17) is 4.42 Å². The van der Waals surface area contributed by atoms with Crippen molar-refractivity contribution in [3.8, 4) is 22.3 Å². The molecule has 0 N–H and O–H groups in total. The summed E-state index contributed by atoms with van der Waals surface area (Å²) in [6.07, 6.45) is 17.1. The van der Waals surface area contributed by atoms with Crippen LogP contribution in [0.15, 0.2) is 206 Å². The maximum absolute atomic E-state index is 6.82. The number of anilines is 3. The van der Waals surface area contributed by atoms with E-state index in [0.717, 1.165) is 62.5 Å². The second-order valence-electron chi connectivity index (χ2n) is 14.2. The van der Waals surface area contributed by atoms with Gasteiger partial charge in [-0.05, 0) is 105 Å². The molecular weight excluding hydrogens is 679 g/mol. The van der Waals surface area contributed by atoms with Gasteiger partial charge in [0, 0.05) is 28.2 Å². The Labute approximate surface area is 329 Å². The molecule has 56 heavy (non-hydrogen) atoms. The number of para-hydroxylation sites is 1. The summed E-state index contributed by atoms with van der Waals surface area (Å²) in [5.41, 5.74) is 13.5. The number of nitrogens with zero attached hydrogens (tertiary/aromatic N) is 1. The highest BCUT2D eigenvalue weighted by Crippen LogP contribution is 2.47. The number of hydrogen-bond acceptors (Lipinski definition) is 2. The van der Waals surface area contributed by atoms with Gasteiger partial charge in [0.05, 0.1) is 5.69 Å². The molecular formula is C54H41NO. The SMILES string of the molecule is C=C/C=C\c1ccc(-c2ccc(N(c3ccc(-c4ccccc4)cc3)c3ccccc3C3CC=Cc4c3oc3cc5ccccc5cc43)cc2)cc1/C=C\C=C. The Morgan fingerprint density at radius 3 is 1.86 bits per heavy atom. The standard InChI is InChI=1S/C54H41NO/c1-3-5-15-39-25-26-45(35-42(39)16-6-4-2)41-29-33-47(34-30-41)55(46-31-27-40(28-32-46)38-17-8-7-9-18-38)52-24-13-12-21-48(52)49-22-14-23-50-51-36-43-19-10-11-20-44(43)37-53(51)56-54(49)50/h3-21,23-37,49H,1-2,22H2/b15-5-,16-6-. The monoisotopic (exact) mass is 719 g/mol. The summed E-state index contributed by atoms with van der Waals surface area (Å²) in [5, 5.41) is 3.57. The molecule has 1 aliphatic rings. The molecule has 0 spiro atoms. The molecule has 7 aromatic carbocycles. The van der Waals surface area contributed by atoms with Gasteiger partial charge in [-0.25, -0.2) is 0 Å². The Hall–Kier alpha value is -7.16. The molecule has 1 heterocycles. The number of benzene rings is 7. The normalized spacial score (nSPS) is 13.8. The van der Waals surface area contributed by atoms with Crippen LogP contribution in [0.3, 0.4) is 0 Å². The van der Waals surface area contributed by atoms with Crippen molar-refractivity contribution in [2.24, 2.45) is 0 Å². The molecule has 1 atom stereocenters. The van der Waals surface area contributed by atoms with Crippen LogP contribution in [-0.2, 0) is 0 Å². The van der Waals surface area contributed by atoms with Crippen molar-refractivity contribution >= 4 is 57.0 Å². The smallest absolute Gasteiger partial charge is 0.135 e. The Morgan fingerprint density at radius 1 is 0.554 bits per heavy atom. The summed E-state index contributed by atoms with van der Waals surface area (Å²) in [7, 11) is 0. The zero-order valence-electron chi connectivity index (χ0n) is 31.2. The lowest BCUT2D eigenvalue weighted by atomic mass is 9.85. The first-order valence-electron chi connectivity index (χ1n) is 19.2. The minimum Gasteiger partial charge on any atom is -0.460 e. The zero-order valence-corrected chi connectivity index (χ0v) is 31.2. The van der Waals surface area contributed by atoms with Crippen LogP contribution in [-0.4, -0.2) is 0 Å². The van der Waals surface area contributed by atoms with E-state index in [0.29, 0.717) is 0 Å². The van der Waals surface area contributed by atoms with Crippen molar-refractivity contribution in [1.29, 1.82) is 0 Å². The van der Waals surface area contributed by atoms with Crippen LogP contribution in [0, 0.1) is 0 Å². The predicted molar refractivity (Wildman–Crippen MR) is 240 cm³/mol. The third-order valence-electron chi connectivity index (χ3n) is 10.8. The van der Waals surface area contributed by atoms with Crippen molar-refractivity contribution in [2.75, 3.05) is 4.90 Å². The molecule has 0 amide bonds. The van der Waals surface area contributed by atoms with Gasteiger partial charge in [0.2, 0.25) is 0 Å². The molecule has 1 aliphatic carbocycles. The van der Waals surface area contributed by atoms with Gasteiger partial charge in [0.25, 0.3) is 0 Å². The lowest BCUT2D eigenvalue weighted by Crippen LogP contribution is -2.15. The fourth-order valence-corrected chi connectivity index (χ4v) is 7.99. The summed E-state index contributed by atoms with van der Waals surface area (Å²) in [5.74, 6) is 1.07. The first-order chi connectivity index (χ1) is 27.7. The van der Waals surface area contributed by atoms with Gasteiger partial charge in [-0.15, -0.1) is 0 Å². The molecule has 2 heteroatoms. The molecule has 0 aliphatic heterocycles. The van der Waals surface area contributed by atoms with E-state index >= 15 is 0 Å². The molecule has 0 saturated heterocycles. The Kier molecular flexibility index (Phi) is 9.45. The highest BCUT2D eigenvalue weighted by atomic mass is 16.3. The molecule has 0 saturated carbocycles. The minimum atomic E-state index is 0.0442. The van der Waals surface area contributed by atoms with Gasteiger partial charge in [0.1, 0.15) is 11.3 Å². The summed E-state index contributed by atoms with van der Waals surface area (Å²) >= 11 is 0. The molecule has 1 aromatic heterocycles. The fourth-order valence-electron chi connectivity index (χ4n) is 7.99. The number of allylic oxidation sites excluding steroid dienone is 5. The summed E-state index contributed by atoms with van der Waals surface area (Å²) in [6.45, 7) is 7.72. The van der Waals surface area contributed by atoms with Crippen LogP contribution >= 0.6 is 0 Å². The third-order valence-corrected chi connectivity index (χ3v) is 10.8. The van der Waals surface area contributed by atoms with Crippen LogP contribution in [0.4, 0.5) is 17.1 Å². The van der Waals surface area contributed by atoms with Crippen LogP contribution in [0.25, 0.3) is 62.2 Å². The van der Waals surface area contributed by atoms with E-state index in [1.807, 2.05) is 18.2 Å². The number of fused-ring (bicyclic) bond motifs is 4. The Balaban J connectivity index is 1.15. The lowest BCUT2D eigenvalue weighted by molar-refractivity contribution is 0.517. The second kappa shape index (κ2) is 15.3. The van der Waals surface area contributed by atoms with Crippen molar-refractivity contribution in [2.45, 2.75) is 12.3 Å². The Bertz CT molecular complexity index is 2800. The van der Waals surface area contributed by atoms with E-state index in [-0.39, 0.29) is 5.92 Å². The van der Waals surface area contributed by atoms with Crippen LogP contribution < -0.4 is 4.90 Å². The molecule has 2 nitrogen and oxygen atoms in total. The van der Waals surface area contributed by atoms with Crippen molar-refractivity contribution < 1.29 is 4.42 Å². The molecule has 0 radical (unpaired) electrons. The summed E-state index contributed by atoms with van der Waals surface area (Å²) in [6, 6.07) is 56.8. The van der Waals surface area contributed by atoms with Crippen molar-refractivity contribution in [3.05, 3.63) is 229 Å². The first-order valence-corrected chi connectivity index (χ1v) is 19.2. The van der Waals surface area contributed by atoms with Crippen molar-refractivity contribution in [3.63, 3.8) is 0 Å². The van der Waals surface area contributed by atoms with E-state index in [1.165, 1.54) is 33.0 Å². The van der Waals surface area contributed by atoms with E-state index in [2.05, 4.69) is 200 Å². The van der Waals surface area contributed by atoms with E-state index in [9.17, 15) is 0 Å². The van der Waals surface area contributed by atoms with Gasteiger partial charge in [0.15, 0.2) is 0 Å². The number of furan rings is 1. The number of rotatable bonds is 10. The largest absolute Gasteiger partial charge is 0.460 e. The summed E-state index contributed by atoms with van der Waals surface area (Å²) in [4.78, 5) is 2.39. The highest BCUT2D eigenvalue weighted by molar-refractivity contribution is 6.00. The van der Waals surface area contributed by atoms with Gasteiger partial charge in [-0.3, -0.25) is 0 Å². The molecule has 0 bridgehead atoms. The lowest BCUT2D eigenvalue weighted by Gasteiger charge is -2.30. The molecule has 1 unspecified atom stereocenters. The van der Waals surface area contributed by atoms with E-state index < -0.39 is 0 Å². The molecule has 268 valence electrons. The van der Waals surface area contributed by atoms with Crippen LogP contribution in [0.2, 0.25) is 0 Å². The maximum Gasteiger partial charge on any atom is 0.135 e.